The molecule has 0 radical (unpaired) electrons. The van der Waals surface area contributed by atoms with E-state index < -0.39 is 0 Å². The first kappa shape index (κ1) is 22.0. The van der Waals surface area contributed by atoms with Crippen LogP contribution in [0.25, 0.3) is 0 Å². The quantitative estimate of drug-likeness (QED) is 0.355. The number of nitrogens with zero attached hydrogens (tertiary/aromatic N) is 3. The number of carbonyl (C=O) groups excluding carboxylic acids is 2. The lowest BCUT2D eigenvalue weighted by atomic mass is 9.99. The number of carbonyl (C=O) groups is 2. The van der Waals surface area contributed by atoms with E-state index in [1.807, 2.05) is 20.8 Å². The molecule has 1 aromatic heterocycles. The van der Waals surface area contributed by atoms with E-state index in [0.29, 0.717) is 22.9 Å². The number of azo groups is 1. The molecule has 2 rings (SSSR count). The van der Waals surface area contributed by atoms with Crippen LogP contribution in [0.1, 0.15) is 20.8 Å². The molecular formula is C20H26N6O3. The molecule has 0 aliphatic carbocycles. The highest BCUT2D eigenvalue weighted by Crippen LogP contribution is 2.31. The third-order valence-electron chi connectivity index (χ3n) is 4.22. The fraction of sp³-hybridized carbons (Fsp3) is 0.350. The molecule has 0 aliphatic heterocycles. The fourth-order valence-corrected chi connectivity index (χ4v) is 2.18. The summed E-state index contributed by atoms with van der Waals surface area (Å²) in [4.78, 5) is 27.9. The Bertz CT molecular complexity index is 898. The molecule has 9 nitrogen and oxygen atoms in total. The number of aromatic nitrogens is 1. The number of benzene rings is 1. The SMILES string of the molecule is CNCC(=O)Nc1ccc(/N=N/c2ccccc2OC(=O)[C@@H](C)C(C)C)c(N)n1. The zero-order chi connectivity index (χ0) is 21.4. The second-order valence-corrected chi connectivity index (χ2v) is 6.80. The van der Waals surface area contributed by atoms with Gasteiger partial charge in [0.05, 0.1) is 12.5 Å². The Morgan fingerprint density at radius 3 is 2.45 bits per heavy atom. The summed E-state index contributed by atoms with van der Waals surface area (Å²) < 4.78 is 5.48. The zero-order valence-corrected chi connectivity index (χ0v) is 17.0. The molecule has 0 bridgehead atoms. The first-order valence-electron chi connectivity index (χ1n) is 9.25. The van der Waals surface area contributed by atoms with Crippen molar-refractivity contribution in [3.05, 3.63) is 36.4 Å². The van der Waals surface area contributed by atoms with Crippen molar-refractivity contribution in [3.63, 3.8) is 0 Å². The van der Waals surface area contributed by atoms with Crippen molar-refractivity contribution in [2.75, 3.05) is 24.6 Å². The monoisotopic (exact) mass is 398 g/mol. The van der Waals surface area contributed by atoms with Crippen LogP contribution in [0.5, 0.6) is 5.75 Å². The second-order valence-electron chi connectivity index (χ2n) is 6.80. The first-order chi connectivity index (χ1) is 13.8. The number of nitrogen functional groups attached to an aromatic ring is 1. The van der Waals surface area contributed by atoms with Crippen molar-refractivity contribution in [2.24, 2.45) is 22.1 Å². The summed E-state index contributed by atoms with van der Waals surface area (Å²) in [6.07, 6.45) is 0. The topological polar surface area (TPSA) is 131 Å². The lowest BCUT2D eigenvalue weighted by Gasteiger charge is -2.14. The number of ether oxygens (including phenoxy) is 1. The molecular weight excluding hydrogens is 372 g/mol. The number of likely N-dealkylation sites (N-methyl/N-ethyl adjacent to an activating group) is 1. The molecule has 29 heavy (non-hydrogen) atoms. The van der Waals surface area contributed by atoms with Gasteiger partial charge < -0.3 is 21.1 Å². The van der Waals surface area contributed by atoms with Crippen LogP contribution < -0.4 is 21.1 Å². The molecule has 154 valence electrons. The lowest BCUT2D eigenvalue weighted by molar-refractivity contribution is -0.139. The van der Waals surface area contributed by atoms with Crippen LogP contribution in [0.15, 0.2) is 46.6 Å². The largest absolute Gasteiger partial charge is 0.424 e. The number of hydrogen-bond donors (Lipinski definition) is 3. The van der Waals surface area contributed by atoms with Crippen molar-refractivity contribution in [3.8, 4) is 5.75 Å². The van der Waals surface area contributed by atoms with Crippen molar-refractivity contribution < 1.29 is 14.3 Å². The molecule has 0 saturated carbocycles. The Balaban J connectivity index is 2.16. The smallest absolute Gasteiger partial charge is 0.314 e. The molecule has 4 N–H and O–H groups in total. The van der Waals surface area contributed by atoms with E-state index in [0.717, 1.165) is 0 Å². The van der Waals surface area contributed by atoms with Crippen molar-refractivity contribution >= 4 is 34.9 Å². The molecule has 0 aliphatic rings. The predicted molar refractivity (Wildman–Crippen MR) is 111 cm³/mol. The van der Waals surface area contributed by atoms with Gasteiger partial charge in [-0.25, -0.2) is 4.98 Å². The van der Waals surface area contributed by atoms with Crippen molar-refractivity contribution in [1.29, 1.82) is 0 Å². The van der Waals surface area contributed by atoms with Gasteiger partial charge in [-0.1, -0.05) is 32.9 Å². The van der Waals surface area contributed by atoms with Crippen LogP contribution in [-0.2, 0) is 9.59 Å². The minimum atomic E-state index is -0.328. The van der Waals surface area contributed by atoms with Gasteiger partial charge >= 0.3 is 5.97 Å². The summed E-state index contributed by atoms with van der Waals surface area (Å²) in [5.74, 6) is 0.0965. The van der Waals surface area contributed by atoms with Gasteiger partial charge in [0.25, 0.3) is 0 Å². The highest BCUT2D eigenvalue weighted by Gasteiger charge is 2.20. The molecule has 0 saturated heterocycles. The summed E-state index contributed by atoms with van der Waals surface area (Å²) in [5.41, 5.74) is 6.63. The van der Waals surface area contributed by atoms with E-state index in [1.165, 1.54) is 0 Å². The second kappa shape index (κ2) is 10.3. The molecule has 2 aromatic rings. The average Bonchev–Trinajstić information content (AvgIpc) is 2.67. The van der Waals surface area contributed by atoms with Gasteiger partial charge in [0, 0.05) is 0 Å². The summed E-state index contributed by atoms with van der Waals surface area (Å²) in [6.45, 7) is 5.89. The number of nitrogens with one attached hydrogen (secondary N) is 2. The first-order valence-corrected chi connectivity index (χ1v) is 9.25. The molecule has 1 atom stereocenters. The maximum atomic E-state index is 12.2. The van der Waals surface area contributed by atoms with Crippen LogP contribution in [0.4, 0.5) is 23.0 Å². The van der Waals surface area contributed by atoms with E-state index in [1.54, 1.807) is 43.4 Å². The van der Waals surface area contributed by atoms with Gasteiger partial charge in [-0.05, 0) is 37.2 Å². The van der Waals surface area contributed by atoms with Crippen LogP contribution in [-0.4, -0.2) is 30.5 Å². The third kappa shape index (κ3) is 6.35. The number of nitrogens with two attached hydrogens (primary N) is 1. The van der Waals surface area contributed by atoms with Gasteiger partial charge in [-0.2, -0.15) is 0 Å². The predicted octanol–water partition coefficient (Wildman–Crippen LogP) is 3.43. The molecule has 9 heteroatoms. The lowest BCUT2D eigenvalue weighted by Crippen LogP contribution is -2.25. The molecule has 1 amide bonds. The Morgan fingerprint density at radius 1 is 1.10 bits per heavy atom. The number of esters is 1. The number of rotatable bonds is 8. The standard InChI is InChI=1S/C20H26N6O3/c1-12(2)13(3)20(28)29-16-8-6-5-7-14(16)25-26-15-9-10-17(24-19(15)21)23-18(27)11-22-4/h5-10,12-13,22H,11H2,1-4H3,(H3,21,23,24,27)/b26-25+/t13-/m0/s1. The Morgan fingerprint density at radius 2 is 1.79 bits per heavy atom. The summed E-state index contributed by atoms with van der Waals surface area (Å²) in [6, 6.07) is 10.0. The molecule has 0 unspecified atom stereocenters. The van der Waals surface area contributed by atoms with Gasteiger partial charge in [0.1, 0.15) is 17.2 Å². The van der Waals surface area contributed by atoms with Crippen LogP contribution in [0, 0.1) is 11.8 Å². The normalized spacial score (nSPS) is 12.2. The summed E-state index contributed by atoms with van der Waals surface area (Å²) in [7, 11) is 1.67. The van der Waals surface area contributed by atoms with E-state index in [4.69, 9.17) is 10.5 Å². The molecule has 1 heterocycles. The van der Waals surface area contributed by atoms with Gasteiger partial charge in [0.15, 0.2) is 11.6 Å². The Kier molecular flexibility index (Phi) is 7.79. The number of anilines is 2. The Labute approximate surface area is 169 Å². The minimum Gasteiger partial charge on any atom is -0.424 e. The van der Waals surface area contributed by atoms with Gasteiger partial charge in [0.2, 0.25) is 5.91 Å². The Hall–Kier alpha value is -3.33. The zero-order valence-electron chi connectivity index (χ0n) is 17.0. The highest BCUT2D eigenvalue weighted by molar-refractivity contribution is 5.91. The van der Waals surface area contributed by atoms with E-state index >= 15 is 0 Å². The van der Waals surface area contributed by atoms with E-state index in [-0.39, 0.29) is 36.1 Å². The molecule has 1 aromatic carbocycles. The molecule has 0 spiro atoms. The van der Waals surface area contributed by atoms with Crippen LogP contribution in [0.2, 0.25) is 0 Å². The minimum absolute atomic E-state index is 0.110. The third-order valence-corrected chi connectivity index (χ3v) is 4.22. The van der Waals surface area contributed by atoms with Crippen molar-refractivity contribution in [2.45, 2.75) is 20.8 Å². The number of hydrogen-bond acceptors (Lipinski definition) is 8. The van der Waals surface area contributed by atoms with Gasteiger partial charge in [-0.15, -0.1) is 10.2 Å². The average molecular weight is 398 g/mol. The summed E-state index contributed by atoms with van der Waals surface area (Å²) >= 11 is 0. The fourth-order valence-electron chi connectivity index (χ4n) is 2.18. The number of amides is 1. The number of para-hydroxylation sites is 1. The number of pyridine rings is 1. The van der Waals surface area contributed by atoms with Crippen LogP contribution in [0.3, 0.4) is 0 Å². The maximum absolute atomic E-state index is 12.2. The van der Waals surface area contributed by atoms with Gasteiger partial charge in [-0.3, -0.25) is 9.59 Å². The van der Waals surface area contributed by atoms with E-state index in [9.17, 15) is 9.59 Å². The maximum Gasteiger partial charge on any atom is 0.314 e. The van der Waals surface area contributed by atoms with Crippen molar-refractivity contribution in [1.82, 2.24) is 10.3 Å². The van der Waals surface area contributed by atoms with E-state index in [2.05, 4.69) is 25.8 Å². The highest BCUT2D eigenvalue weighted by atomic mass is 16.5. The molecule has 0 fully saturated rings. The van der Waals surface area contributed by atoms with Crippen LogP contribution >= 0.6 is 0 Å². The summed E-state index contributed by atoms with van der Waals surface area (Å²) in [5, 5.41) is 13.6.